The van der Waals surface area contributed by atoms with Crippen LogP contribution in [0.15, 0.2) is 30.6 Å². The summed E-state index contributed by atoms with van der Waals surface area (Å²) in [7, 11) is 1.88. The Kier molecular flexibility index (Phi) is 4.89. The maximum atomic E-state index is 13.5. The summed E-state index contributed by atoms with van der Waals surface area (Å²) in [5, 5.41) is 5.17. The molecule has 0 bridgehead atoms. The number of carbonyl (C=O) groups excluding carboxylic acids is 1. The van der Waals surface area contributed by atoms with Gasteiger partial charge in [-0.1, -0.05) is 19.1 Å². The Labute approximate surface area is 165 Å². The maximum absolute atomic E-state index is 13.5. The van der Waals surface area contributed by atoms with Crippen LogP contribution in [0.4, 0.5) is 0 Å². The molecule has 0 spiro atoms. The molecule has 0 radical (unpaired) electrons. The second-order valence-electron chi connectivity index (χ2n) is 7.51. The van der Waals surface area contributed by atoms with E-state index >= 15 is 0 Å². The summed E-state index contributed by atoms with van der Waals surface area (Å²) < 4.78 is 7.49. The van der Waals surface area contributed by atoms with E-state index in [1.54, 1.807) is 10.9 Å². The Hall–Kier alpha value is -2.73. The minimum absolute atomic E-state index is 0.0440. The van der Waals surface area contributed by atoms with Crippen LogP contribution < -0.4 is 0 Å². The second kappa shape index (κ2) is 7.36. The Bertz CT molecular complexity index is 1040. The molecule has 146 valence electrons. The van der Waals surface area contributed by atoms with E-state index in [0.29, 0.717) is 25.3 Å². The number of aromatic nitrogens is 3. The van der Waals surface area contributed by atoms with E-state index in [1.165, 1.54) is 5.56 Å². The van der Waals surface area contributed by atoms with E-state index in [4.69, 9.17) is 9.72 Å². The molecule has 6 nitrogen and oxygen atoms in total. The highest BCUT2D eigenvalue weighted by Crippen LogP contribution is 2.29. The lowest BCUT2D eigenvalue weighted by Gasteiger charge is -2.33. The van der Waals surface area contributed by atoms with Crippen LogP contribution in [-0.4, -0.2) is 51.4 Å². The van der Waals surface area contributed by atoms with Gasteiger partial charge < -0.3 is 9.64 Å². The van der Waals surface area contributed by atoms with Crippen LogP contribution in [0.3, 0.4) is 0 Å². The number of rotatable bonds is 3. The van der Waals surface area contributed by atoms with Gasteiger partial charge in [-0.15, -0.1) is 0 Å². The van der Waals surface area contributed by atoms with Crippen LogP contribution >= 0.6 is 0 Å². The third-order valence-corrected chi connectivity index (χ3v) is 5.62. The van der Waals surface area contributed by atoms with Gasteiger partial charge in [0.25, 0.3) is 5.91 Å². The van der Waals surface area contributed by atoms with E-state index in [1.807, 2.05) is 30.3 Å². The fourth-order valence-electron chi connectivity index (χ4n) is 3.73. The Morgan fingerprint density at radius 2 is 2.14 bits per heavy atom. The highest BCUT2D eigenvalue weighted by Gasteiger charge is 2.26. The highest BCUT2D eigenvalue weighted by molar-refractivity contribution is 6.08. The molecule has 0 N–H and O–H groups in total. The predicted octanol–water partition coefficient (Wildman–Crippen LogP) is 3.50. The standard InChI is InChI=1S/C22H26N4O2/c1-5-17-13-26(8-9-28-17)22(27)19-10-20(16-11-23-25(4)12-16)24-21-15(3)14(2)6-7-18(19)21/h6-7,10-12,17H,5,8-9,13H2,1-4H3/t17-/m1/s1. The first kappa shape index (κ1) is 18.6. The van der Waals surface area contributed by atoms with Crippen molar-refractivity contribution in [3.05, 3.63) is 47.3 Å². The molecule has 0 aliphatic carbocycles. The molecule has 6 heteroatoms. The third kappa shape index (κ3) is 3.29. The Morgan fingerprint density at radius 3 is 2.86 bits per heavy atom. The van der Waals surface area contributed by atoms with E-state index in [9.17, 15) is 4.79 Å². The molecule has 2 aromatic heterocycles. The lowest BCUT2D eigenvalue weighted by molar-refractivity contribution is -0.0225. The summed E-state index contributed by atoms with van der Waals surface area (Å²) in [6, 6.07) is 5.99. The number of nitrogens with zero attached hydrogens (tertiary/aromatic N) is 4. The van der Waals surface area contributed by atoms with Crippen molar-refractivity contribution in [2.45, 2.75) is 33.3 Å². The third-order valence-electron chi connectivity index (χ3n) is 5.62. The number of benzene rings is 1. The minimum Gasteiger partial charge on any atom is -0.375 e. The average Bonchev–Trinajstić information content (AvgIpc) is 3.16. The Balaban J connectivity index is 1.86. The van der Waals surface area contributed by atoms with E-state index in [0.717, 1.165) is 34.1 Å². The fourth-order valence-corrected chi connectivity index (χ4v) is 3.73. The van der Waals surface area contributed by atoms with Gasteiger partial charge in [-0.3, -0.25) is 9.48 Å². The summed E-state index contributed by atoms with van der Waals surface area (Å²) in [5.41, 5.74) is 5.53. The van der Waals surface area contributed by atoms with Crippen molar-refractivity contribution in [1.29, 1.82) is 0 Å². The van der Waals surface area contributed by atoms with Gasteiger partial charge in [-0.2, -0.15) is 5.10 Å². The zero-order valence-corrected chi connectivity index (χ0v) is 16.9. The zero-order chi connectivity index (χ0) is 19.8. The number of hydrogen-bond acceptors (Lipinski definition) is 4. The average molecular weight is 378 g/mol. The SMILES string of the molecule is CC[C@@H]1CN(C(=O)c2cc(-c3cnn(C)c3)nc3c(C)c(C)ccc23)CCO1. The van der Waals surface area contributed by atoms with Gasteiger partial charge in [0.1, 0.15) is 0 Å². The van der Waals surface area contributed by atoms with Gasteiger partial charge in [0.05, 0.1) is 35.7 Å². The first-order chi connectivity index (χ1) is 13.5. The molecular formula is C22H26N4O2. The van der Waals surface area contributed by atoms with Crippen molar-refractivity contribution in [3.63, 3.8) is 0 Å². The van der Waals surface area contributed by atoms with Crippen LogP contribution in [0.1, 0.15) is 34.8 Å². The number of pyridine rings is 1. The normalized spacial score (nSPS) is 17.3. The number of aryl methyl sites for hydroxylation is 3. The highest BCUT2D eigenvalue weighted by atomic mass is 16.5. The zero-order valence-electron chi connectivity index (χ0n) is 16.9. The second-order valence-corrected chi connectivity index (χ2v) is 7.51. The number of carbonyl (C=O) groups is 1. The van der Waals surface area contributed by atoms with Crippen molar-refractivity contribution in [3.8, 4) is 11.3 Å². The summed E-state index contributed by atoms with van der Waals surface area (Å²) in [6.07, 6.45) is 4.72. The monoisotopic (exact) mass is 378 g/mol. The molecule has 0 saturated carbocycles. The number of fused-ring (bicyclic) bond motifs is 1. The van der Waals surface area contributed by atoms with Crippen molar-refractivity contribution < 1.29 is 9.53 Å². The molecule has 3 heterocycles. The number of morpholine rings is 1. The van der Waals surface area contributed by atoms with Crippen LogP contribution in [0.5, 0.6) is 0 Å². The molecule has 28 heavy (non-hydrogen) atoms. The molecular weight excluding hydrogens is 352 g/mol. The molecule has 1 atom stereocenters. The molecule has 1 aromatic carbocycles. The van der Waals surface area contributed by atoms with Crippen molar-refractivity contribution >= 4 is 16.8 Å². The topological polar surface area (TPSA) is 60.2 Å². The largest absolute Gasteiger partial charge is 0.375 e. The first-order valence-electron chi connectivity index (χ1n) is 9.78. The molecule has 1 aliphatic rings. The first-order valence-corrected chi connectivity index (χ1v) is 9.78. The van der Waals surface area contributed by atoms with Gasteiger partial charge in [-0.05, 0) is 37.5 Å². The quantitative estimate of drug-likeness (QED) is 0.700. The maximum Gasteiger partial charge on any atom is 0.254 e. The van der Waals surface area contributed by atoms with Gasteiger partial charge >= 0.3 is 0 Å². The Morgan fingerprint density at radius 1 is 1.32 bits per heavy atom. The summed E-state index contributed by atoms with van der Waals surface area (Å²) in [5.74, 6) is 0.0440. The fraction of sp³-hybridized carbons (Fsp3) is 0.409. The smallest absolute Gasteiger partial charge is 0.254 e. The van der Waals surface area contributed by atoms with Crippen molar-refractivity contribution in [2.75, 3.05) is 19.7 Å². The van der Waals surface area contributed by atoms with E-state index < -0.39 is 0 Å². The summed E-state index contributed by atoms with van der Waals surface area (Å²) in [4.78, 5) is 20.3. The molecule has 4 rings (SSSR count). The predicted molar refractivity (Wildman–Crippen MR) is 109 cm³/mol. The number of amides is 1. The number of hydrogen-bond donors (Lipinski definition) is 0. The van der Waals surface area contributed by atoms with Gasteiger partial charge in [-0.25, -0.2) is 4.98 Å². The summed E-state index contributed by atoms with van der Waals surface area (Å²) >= 11 is 0. The van der Waals surface area contributed by atoms with Crippen LogP contribution in [-0.2, 0) is 11.8 Å². The number of ether oxygens (including phenoxy) is 1. The van der Waals surface area contributed by atoms with Gasteiger partial charge in [0, 0.05) is 37.3 Å². The van der Waals surface area contributed by atoms with E-state index in [2.05, 4.69) is 31.9 Å². The summed E-state index contributed by atoms with van der Waals surface area (Å²) in [6.45, 7) is 8.06. The molecule has 1 saturated heterocycles. The van der Waals surface area contributed by atoms with Crippen LogP contribution in [0.2, 0.25) is 0 Å². The lowest BCUT2D eigenvalue weighted by Crippen LogP contribution is -2.45. The van der Waals surface area contributed by atoms with E-state index in [-0.39, 0.29) is 12.0 Å². The van der Waals surface area contributed by atoms with Crippen LogP contribution in [0.25, 0.3) is 22.2 Å². The molecule has 1 fully saturated rings. The molecule has 1 aliphatic heterocycles. The minimum atomic E-state index is 0.0440. The molecule has 0 unspecified atom stereocenters. The van der Waals surface area contributed by atoms with Crippen molar-refractivity contribution in [1.82, 2.24) is 19.7 Å². The van der Waals surface area contributed by atoms with Gasteiger partial charge in [0.15, 0.2) is 0 Å². The lowest BCUT2D eigenvalue weighted by atomic mass is 9.99. The molecule has 1 amide bonds. The molecule has 3 aromatic rings. The van der Waals surface area contributed by atoms with Crippen LogP contribution in [0, 0.1) is 13.8 Å². The van der Waals surface area contributed by atoms with Gasteiger partial charge in [0.2, 0.25) is 0 Å². The van der Waals surface area contributed by atoms with Crippen molar-refractivity contribution in [2.24, 2.45) is 7.05 Å².